The molecule has 0 bridgehead atoms. The molecule has 0 saturated carbocycles. The minimum atomic E-state index is -0.328. The van der Waals surface area contributed by atoms with Crippen LogP contribution in [0.1, 0.15) is 28.8 Å². The van der Waals surface area contributed by atoms with Crippen LogP contribution in [0.4, 0.5) is 4.39 Å². The number of likely N-dealkylation sites (N-methyl/N-ethyl adjacent to an activating group) is 1. The van der Waals surface area contributed by atoms with Gasteiger partial charge in [-0.05, 0) is 49.7 Å². The van der Waals surface area contributed by atoms with Gasteiger partial charge in [0.1, 0.15) is 18.2 Å². The summed E-state index contributed by atoms with van der Waals surface area (Å²) in [6.07, 6.45) is 2.08. The summed E-state index contributed by atoms with van der Waals surface area (Å²) < 4.78 is 18.8. The largest absolute Gasteiger partial charge is 0.489 e. The first kappa shape index (κ1) is 20.2. The summed E-state index contributed by atoms with van der Waals surface area (Å²) in [4.78, 5) is 14.8. The molecule has 2 aromatic rings. The Morgan fingerprint density at radius 1 is 1.27 bits per heavy atom. The fraction of sp³-hybridized carbons (Fsp3) is 0.350. The van der Waals surface area contributed by atoms with Gasteiger partial charge in [0, 0.05) is 30.8 Å². The Bertz CT molecular complexity index is 741. The third kappa shape index (κ3) is 4.96. The van der Waals surface area contributed by atoms with Crippen LogP contribution >= 0.6 is 12.4 Å². The lowest BCUT2D eigenvalue weighted by molar-refractivity contribution is 0.0737. The van der Waals surface area contributed by atoms with Crippen molar-refractivity contribution in [3.63, 3.8) is 0 Å². The molecule has 0 radical (unpaired) electrons. The molecule has 6 heteroatoms. The number of carbonyl (C=O) groups is 1. The summed E-state index contributed by atoms with van der Waals surface area (Å²) in [6, 6.07) is 13.8. The molecule has 2 aromatic carbocycles. The summed E-state index contributed by atoms with van der Waals surface area (Å²) in [5.41, 5.74) is 1.56. The predicted octanol–water partition coefficient (Wildman–Crippen LogP) is 3.65. The second-order valence-electron chi connectivity index (χ2n) is 6.30. The van der Waals surface area contributed by atoms with E-state index in [0.717, 1.165) is 31.5 Å². The second kappa shape index (κ2) is 9.55. The van der Waals surface area contributed by atoms with E-state index >= 15 is 0 Å². The second-order valence-corrected chi connectivity index (χ2v) is 6.30. The van der Waals surface area contributed by atoms with Crippen molar-refractivity contribution in [1.29, 1.82) is 0 Å². The number of halogens is 2. The summed E-state index contributed by atoms with van der Waals surface area (Å²) in [6.45, 7) is 1.91. The number of ether oxygens (including phenoxy) is 1. The van der Waals surface area contributed by atoms with Crippen molar-refractivity contribution in [2.24, 2.45) is 0 Å². The molecule has 1 heterocycles. The number of amides is 1. The van der Waals surface area contributed by atoms with Crippen molar-refractivity contribution in [2.45, 2.75) is 25.5 Å². The Balaban J connectivity index is 0.00000243. The number of rotatable bonds is 6. The van der Waals surface area contributed by atoms with Crippen LogP contribution in [-0.4, -0.2) is 37.0 Å². The molecule has 1 aliphatic heterocycles. The van der Waals surface area contributed by atoms with Gasteiger partial charge in [0.15, 0.2) is 0 Å². The van der Waals surface area contributed by atoms with Crippen LogP contribution in [0.25, 0.3) is 0 Å². The lowest BCUT2D eigenvalue weighted by Crippen LogP contribution is -2.40. The number of nitrogens with one attached hydrogen (secondary N) is 1. The summed E-state index contributed by atoms with van der Waals surface area (Å²) >= 11 is 0. The van der Waals surface area contributed by atoms with Crippen molar-refractivity contribution < 1.29 is 13.9 Å². The van der Waals surface area contributed by atoms with Crippen molar-refractivity contribution in [1.82, 2.24) is 10.2 Å². The van der Waals surface area contributed by atoms with Gasteiger partial charge in [0.25, 0.3) is 5.91 Å². The van der Waals surface area contributed by atoms with Crippen molar-refractivity contribution in [3.05, 3.63) is 65.5 Å². The number of nitrogens with zero attached hydrogens (tertiary/aromatic N) is 1. The Kier molecular flexibility index (Phi) is 7.42. The van der Waals surface area contributed by atoms with E-state index in [1.54, 1.807) is 12.1 Å². The van der Waals surface area contributed by atoms with E-state index in [-0.39, 0.29) is 30.2 Å². The van der Waals surface area contributed by atoms with Crippen LogP contribution in [0.2, 0.25) is 0 Å². The summed E-state index contributed by atoms with van der Waals surface area (Å²) in [7, 11) is 1.91. The van der Waals surface area contributed by atoms with Crippen LogP contribution in [-0.2, 0) is 6.61 Å². The van der Waals surface area contributed by atoms with E-state index in [4.69, 9.17) is 4.74 Å². The Morgan fingerprint density at radius 3 is 2.85 bits per heavy atom. The van der Waals surface area contributed by atoms with Crippen LogP contribution in [0.3, 0.4) is 0 Å². The molecule has 1 unspecified atom stereocenters. The van der Waals surface area contributed by atoms with Gasteiger partial charge >= 0.3 is 0 Å². The highest BCUT2D eigenvalue weighted by Crippen LogP contribution is 2.21. The average Bonchev–Trinajstić information content (AvgIpc) is 3.08. The molecule has 4 nitrogen and oxygen atoms in total. The van der Waals surface area contributed by atoms with Crippen LogP contribution in [0, 0.1) is 5.82 Å². The van der Waals surface area contributed by atoms with Gasteiger partial charge in [-0.3, -0.25) is 4.79 Å². The average molecular weight is 379 g/mol. The number of hydrogen-bond donors (Lipinski definition) is 1. The maximum atomic E-state index is 13.2. The zero-order valence-corrected chi connectivity index (χ0v) is 15.6. The fourth-order valence-electron chi connectivity index (χ4n) is 3.23. The third-order valence-electron chi connectivity index (χ3n) is 4.45. The maximum absolute atomic E-state index is 13.2. The molecule has 1 fully saturated rings. The standard InChI is InChI=1S/C20H23FN2O2.ClH/c1-22-13-18-8-4-10-23(18)20(24)16-6-2-5-15(11-16)14-25-19-9-3-7-17(21)12-19;/h2-3,5-7,9,11-12,18,22H,4,8,10,13-14H2,1H3;1H. The maximum Gasteiger partial charge on any atom is 0.254 e. The Morgan fingerprint density at radius 2 is 2.08 bits per heavy atom. The molecule has 140 valence electrons. The molecule has 1 saturated heterocycles. The molecule has 3 rings (SSSR count). The SMILES string of the molecule is CNCC1CCCN1C(=O)c1cccc(COc2cccc(F)c2)c1.Cl. The van der Waals surface area contributed by atoms with Gasteiger partial charge in [-0.1, -0.05) is 18.2 Å². The molecular formula is C20H24ClFN2O2. The summed E-state index contributed by atoms with van der Waals surface area (Å²) in [5, 5.41) is 3.16. The smallest absolute Gasteiger partial charge is 0.254 e. The van der Waals surface area contributed by atoms with E-state index < -0.39 is 0 Å². The van der Waals surface area contributed by atoms with E-state index in [0.29, 0.717) is 17.9 Å². The molecule has 1 N–H and O–H groups in total. The molecule has 1 aliphatic rings. The first-order valence-corrected chi connectivity index (χ1v) is 8.60. The highest BCUT2D eigenvalue weighted by Gasteiger charge is 2.28. The molecular weight excluding hydrogens is 355 g/mol. The van der Waals surface area contributed by atoms with Crippen molar-refractivity contribution in [3.8, 4) is 5.75 Å². The molecule has 0 aromatic heterocycles. The Hall–Kier alpha value is -2.11. The normalized spacial score (nSPS) is 16.2. The van der Waals surface area contributed by atoms with Crippen LogP contribution < -0.4 is 10.1 Å². The molecule has 0 spiro atoms. The van der Waals surface area contributed by atoms with Crippen molar-refractivity contribution >= 4 is 18.3 Å². The summed E-state index contributed by atoms with van der Waals surface area (Å²) in [5.74, 6) is 0.210. The highest BCUT2D eigenvalue weighted by molar-refractivity contribution is 5.94. The molecule has 26 heavy (non-hydrogen) atoms. The minimum Gasteiger partial charge on any atom is -0.489 e. The van der Waals surface area contributed by atoms with Gasteiger partial charge in [0.05, 0.1) is 0 Å². The monoisotopic (exact) mass is 378 g/mol. The molecule has 0 aliphatic carbocycles. The Labute approximate surface area is 159 Å². The van der Waals surface area contributed by atoms with Crippen LogP contribution in [0.5, 0.6) is 5.75 Å². The number of carbonyl (C=O) groups excluding carboxylic acids is 1. The molecule has 1 amide bonds. The van der Waals surface area contributed by atoms with E-state index in [1.165, 1.54) is 12.1 Å². The topological polar surface area (TPSA) is 41.6 Å². The molecule has 1 atom stereocenters. The van der Waals surface area contributed by atoms with Gasteiger partial charge in [-0.15, -0.1) is 12.4 Å². The first-order chi connectivity index (χ1) is 12.2. The quantitative estimate of drug-likeness (QED) is 0.834. The lowest BCUT2D eigenvalue weighted by Gasteiger charge is -2.24. The fourth-order valence-corrected chi connectivity index (χ4v) is 3.23. The van der Waals surface area contributed by atoms with Crippen LogP contribution in [0.15, 0.2) is 48.5 Å². The van der Waals surface area contributed by atoms with Gasteiger partial charge in [-0.25, -0.2) is 4.39 Å². The number of hydrogen-bond acceptors (Lipinski definition) is 3. The van der Waals surface area contributed by atoms with E-state index in [9.17, 15) is 9.18 Å². The minimum absolute atomic E-state index is 0. The van der Waals surface area contributed by atoms with E-state index in [1.807, 2.05) is 36.2 Å². The zero-order valence-electron chi connectivity index (χ0n) is 14.8. The predicted molar refractivity (Wildman–Crippen MR) is 102 cm³/mol. The van der Waals surface area contributed by atoms with E-state index in [2.05, 4.69) is 5.32 Å². The third-order valence-corrected chi connectivity index (χ3v) is 4.45. The number of likely N-dealkylation sites (tertiary alicyclic amines) is 1. The lowest BCUT2D eigenvalue weighted by atomic mass is 10.1. The highest BCUT2D eigenvalue weighted by atomic mass is 35.5. The first-order valence-electron chi connectivity index (χ1n) is 8.60. The van der Waals surface area contributed by atoms with Gasteiger partial charge in [0.2, 0.25) is 0 Å². The van der Waals surface area contributed by atoms with Gasteiger partial charge in [-0.2, -0.15) is 0 Å². The zero-order chi connectivity index (χ0) is 17.6. The van der Waals surface area contributed by atoms with Crippen molar-refractivity contribution in [2.75, 3.05) is 20.1 Å². The van der Waals surface area contributed by atoms with Gasteiger partial charge < -0.3 is 15.0 Å². The number of benzene rings is 2.